The average molecular weight is 300 g/mol. The van der Waals surface area contributed by atoms with Crippen molar-refractivity contribution in [1.29, 1.82) is 5.26 Å². The molecule has 0 fully saturated rings. The van der Waals surface area contributed by atoms with Gasteiger partial charge in [0.1, 0.15) is 0 Å². The molecular formula is C11H16CuLi2NSSi. The van der Waals surface area contributed by atoms with Gasteiger partial charge in [-0.1, -0.05) is 19.6 Å². The van der Waals surface area contributed by atoms with Crippen LogP contribution in [0.3, 0.4) is 0 Å². The van der Waals surface area contributed by atoms with Crippen LogP contribution in [0.4, 0.5) is 0 Å². The van der Waals surface area contributed by atoms with Crippen LogP contribution in [-0.4, -0.2) is 8.07 Å². The van der Waals surface area contributed by atoms with Crippen molar-refractivity contribution in [3.8, 4) is 0 Å². The molecule has 1 aromatic rings. The average Bonchev–Trinajstić information content (AvgIpc) is 2.62. The van der Waals surface area contributed by atoms with E-state index in [0.29, 0.717) is 0 Å². The van der Waals surface area contributed by atoms with E-state index in [2.05, 4.69) is 37.7 Å². The molecular weight excluding hydrogens is 284 g/mol. The van der Waals surface area contributed by atoms with E-state index in [1.54, 1.807) is 11.3 Å². The zero-order valence-corrected chi connectivity index (χ0v) is 14.1. The van der Waals surface area contributed by atoms with Crippen molar-refractivity contribution in [3.63, 3.8) is 0 Å². The fourth-order valence-corrected chi connectivity index (χ4v) is 1.71. The molecule has 0 aliphatic rings. The Kier molecular flexibility index (Phi) is 39.9. The molecule has 6 heteroatoms. The maximum Gasteiger partial charge on any atom is 1.00 e. The Labute approximate surface area is 146 Å². The number of rotatable bonds is 2. The molecule has 0 bridgehead atoms. The summed E-state index contributed by atoms with van der Waals surface area (Å²) < 4.78 is 0. The van der Waals surface area contributed by atoms with Gasteiger partial charge < -0.3 is 29.2 Å². The van der Waals surface area contributed by atoms with Crippen LogP contribution in [0.15, 0.2) is 24.1 Å². The van der Waals surface area contributed by atoms with Crippen molar-refractivity contribution in [2.24, 2.45) is 0 Å². The summed E-state index contributed by atoms with van der Waals surface area (Å²) >= 11 is 1.59. The first kappa shape index (κ1) is 30.7. The number of hydrogen-bond donors (Lipinski definition) is 0. The molecule has 0 saturated carbocycles. The molecule has 1 rings (SSSR count). The Morgan fingerprint density at radius 3 is 1.88 bits per heavy atom. The SMILES string of the molecule is C=[C-]C[Si](C)(C)C.[C-]#N.[Cu+].[Li+].[Li+].[c-]1cccs1. The van der Waals surface area contributed by atoms with Crippen LogP contribution < -0.4 is 37.7 Å². The molecule has 1 nitrogen and oxygen atoms in total. The van der Waals surface area contributed by atoms with Crippen LogP contribution in [0.1, 0.15) is 0 Å². The van der Waals surface area contributed by atoms with E-state index in [4.69, 9.17) is 11.8 Å². The zero-order chi connectivity index (χ0) is 11.4. The summed E-state index contributed by atoms with van der Waals surface area (Å²) in [6.07, 6.45) is 2.92. The summed E-state index contributed by atoms with van der Waals surface area (Å²) in [5, 5.41) is 11.1. The van der Waals surface area contributed by atoms with E-state index in [0.717, 1.165) is 6.04 Å². The molecule has 0 aliphatic carbocycles. The van der Waals surface area contributed by atoms with Gasteiger partial charge in [-0.05, 0) is 0 Å². The quantitative estimate of drug-likeness (QED) is 0.456. The fraction of sp³-hybridized carbons (Fsp3) is 0.364. The minimum absolute atomic E-state index is 0. The normalized spacial score (nSPS) is 7.12. The minimum Gasteiger partial charge on any atom is -0.512 e. The number of nitrogens with zero attached hydrogens (tertiary/aromatic N) is 1. The molecule has 0 saturated heterocycles. The Bertz CT molecular complexity index is 218. The van der Waals surface area contributed by atoms with Crippen molar-refractivity contribution in [1.82, 2.24) is 0 Å². The van der Waals surface area contributed by atoms with Crippen molar-refractivity contribution in [2.45, 2.75) is 25.7 Å². The summed E-state index contributed by atoms with van der Waals surface area (Å²) in [6.45, 7) is 15.2. The fourth-order valence-electron chi connectivity index (χ4n) is 0.571. The second kappa shape index (κ2) is 22.1. The largest absolute Gasteiger partial charge is 1.00 e. The van der Waals surface area contributed by atoms with Crippen molar-refractivity contribution in [3.05, 3.63) is 42.1 Å². The zero-order valence-electron chi connectivity index (χ0n) is 11.3. The summed E-state index contributed by atoms with van der Waals surface area (Å²) in [7, 11) is -0.831. The van der Waals surface area contributed by atoms with Gasteiger partial charge in [-0.2, -0.15) is 17.5 Å². The van der Waals surface area contributed by atoms with Gasteiger partial charge in [0.2, 0.25) is 0 Å². The Balaban J connectivity index is -0.0000000433. The van der Waals surface area contributed by atoms with Gasteiger partial charge in [0.25, 0.3) is 0 Å². The van der Waals surface area contributed by atoms with E-state index in [-0.39, 0.29) is 54.8 Å². The first-order chi connectivity index (χ1) is 6.56. The van der Waals surface area contributed by atoms with E-state index < -0.39 is 8.07 Å². The summed E-state index contributed by atoms with van der Waals surface area (Å²) in [4.78, 5) is 0. The van der Waals surface area contributed by atoms with Gasteiger partial charge in [0, 0.05) is 8.07 Å². The topological polar surface area (TPSA) is 23.8 Å². The van der Waals surface area contributed by atoms with Crippen LogP contribution in [0.25, 0.3) is 0 Å². The van der Waals surface area contributed by atoms with E-state index >= 15 is 0 Å². The first-order valence-electron chi connectivity index (χ1n) is 4.18. The number of hydrogen-bond acceptors (Lipinski definition) is 2. The van der Waals surface area contributed by atoms with Crippen LogP contribution in [-0.2, 0) is 17.1 Å². The summed E-state index contributed by atoms with van der Waals surface area (Å²) in [5.74, 6) is 0. The minimum atomic E-state index is -0.831. The molecule has 0 aliphatic heterocycles. The van der Waals surface area contributed by atoms with Gasteiger partial charge in [-0.3, -0.25) is 6.58 Å². The molecule has 88 valence electrons. The van der Waals surface area contributed by atoms with Gasteiger partial charge in [-0.15, -0.1) is 5.38 Å². The van der Waals surface area contributed by atoms with E-state index in [1.165, 1.54) is 0 Å². The maximum absolute atomic E-state index is 6.25. The van der Waals surface area contributed by atoms with Gasteiger partial charge in [0.05, 0.1) is 0 Å². The van der Waals surface area contributed by atoms with Crippen molar-refractivity contribution < 1.29 is 54.8 Å². The summed E-state index contributed by atoms with van der Waals surface area (Å²) in [5.41, 5.74) is 0. The third kappa shape index (κ3) is 38.3. The van der Waals surface area contributed by atoms with Gasteiger partial charge in [-0.25, -0.2) is 6.07 Å². The van der Waals surface area contributed by atoms with Crippen molar-refractivity contribution >= 4 is 19.4 Å². The second-order valence-electron chi connectivity index (χ2n) is 3.72. The van der Waals surface area contributed by atoms with Gasteiger partial charge >= 0.3 is 54.8 Å². The molecule has 0 unspecified atom stereocenters. The molecule has 1 heterocycles. The number of thiophene rings is 1. The first-order valence-corrected chi connectivity index (χ1v) is 8.77. The Morgan fingerprint density at radius 2 is 1.82 bits per heavy atom. The van der Waals surface area contributed by atoms with Crippen LogP contribution in [0.2, 0.25) is 25.7 Å². The molecule has 1 aromatic heterocycles. The third-order valence-electron chi connectivity index (χ3n) is 1.03. The molecule has 0 N–H and O–H groups in total. The predicted octanol–water partition coefficient (Wildman–Crippen LogP) is -2.04. The van der Waals surface area contributed by atoms with Gasteiger partial charge in [0.15, 0.2) is 0 Å². The standard InChI is InChI=1S/C6H13Si.C4H3S.CN.Cu.2Li/c1-5-6-7(2,3)4;1-2-4-5-3-1;1-2;;;/h1,6H2,2-4H3;1-3H;;;;/q3*-1;3*+1. The third-order valence-corrected chi connectivity index (χ3v) is 2.91. The summed E-state index contributed by atoms with van der Waals surface area (Å²) in [6, 6.07) is 4.97. The molecule has 0 amide bonds. The smallest absolute Gasteiger partial charge is 0.512 e. The van der Waals surface area contributed by atoms with E-state index in [1.807, 2.05) is 17.5 Å². The molecule has 0 spiro atoms. The van der Waals surface area contributed by atoms with Crippen molar-refractivity contribution in [2.75, 3.05) is 0 Å². The Morgan fingerprint density at radius 1 is 1.35 bits per heavy atom. The number of allylic oxidation sites excluding steroid dienone is 1. The predicted molar refractivity (Wildman–Crippen MR) is 65.1 cm³/mol. The Hall–Kier alpha value is 0.861. The van der Waals surface area contributed by atoms with Crippen LogP contribution >= 0.6 is 11.3 Å². The molecule has 0 atom stereocenters. The van der Waals surface area contributed by atoms with Crippen LogP contribution in [0, 0.1) is 23.3 Å². The second-order valence-corrected chi connectivity index (χ2v) is 9.94. The molecule has 17 heavy (non-hydrogen) atoms. The van der Waals surface area contributed by atoms with Crippen LogP contribution in [0.5, 0.6) is 0 Å². The van der Waals surface area contributed by atoms with E-state index in [9.17, 15) is 0 Å². The maximum atomic E-state index is 6.25. The molecule has 0 aromatic carbocycles. The monoisotopic (exact) mass is 299 g/mol. The molecule has 0 radical (unpaired) electrons.